The maximum absolute atomic E-state index is 12.7. The quantitative estimate of drug-likeness (QED) is 0.637. The second-order valence-corrected chi connectivity index (χ2v) is 8.11. The molecule has 5 aliphatic carbocycles. The van der Waals surface area contributed by atoms with Crippen molar-refractivity contribution >= 4 is 11.6 Å². The number of rotatable bonds is 0. The average Bonchev–Trinajstić information content (AvgIpc) is 2.72. The number of carbonyl (C=O) groups excluding carboxylic acids is 2. The maximum atomic E-state index is 12.7. The minimum atomic E-state index is -0.289. The van der Waals surface area contributed by atoms with Gasteiger partial charge in [0.1, 0.15) is 11.6 Å². The van der Waals surface area contributed by atoms with Gasteiger partial charge in [-0.05, 0) is 29.1 Å². The molecule has 0 aliphatic heterocycles. The van der Waals surface area contributed by atoms with Crippen LogP contribution in [-0.4, -0.2) is 11.6 Å². The van der Waals surface area contributed by atoms with E-state index in [1.54, 1.807) is 0 Å². The van der Waals surface area contributed by atoms with Crippen LogP contribution >= 0.6 is 0 Å². The SMILES string of the molecule is CC1(C)C2C3C(=O)C4(C)C2C2C1C3C(=O)C24C. The highest BCUT2D eigenvalue weighted by molar-refractivity contribution is 6.11. The Bertz CT molecular complexity index is 487. The van der Waals surface area contributed by atoms with Gasteiger partial charge in [0.15, 0.2) is 0 Å². The van der Waals surface area contributed by atoms with Crippen LogP contribution in [0.5, 0.6) is 0 Å². The maximum Gasteiger partial charge on any atom is 0.144 e. The third-order valence-corrected chi connectivity index (χ3v) is 8.08. The largest absolute Gasteiger partial charge is 0.299 e. The summed E-state index contributed by atoms with van der Waals surface area (Å²) in [4.78, 5) is 25.4. The molecule has 0 aromatic heterocycles. The molecule has 5 rings (SSSR count). The van der Waals surface area contributed by atoms with Crippen molar-refractivity contribution in [2.45, 2.75) is 27.7 Å². The molecule has 2 nitrogen and oxygen atoms in total. The Morgan fingerprint density at radius 3 is 1.41 bits per heavy atom. The Balaban J connectivity index is 1.93. The summed E-state index contributed by atoms with van der Waals surface area (Å²) in [5.41, 5.74) is -0.353. The molecule has 8 atom stereocenters. The highest BCUT2D eigenvalue weighted by Gasteiger charge is 2.96. The summed E-state index contributed by atoms with van der Waals surface area (Å²) in [5, 5.41) is 0. The van der Waals surface area contributed by atoms with E-state index >= 15 is 0 Å². The fourth-order valence-corrected chi connectivity index (χ4v) is 7.63. The van der Waals surface area contributed by atoms with Crippen molar-refractivity contribution in [1.82, 2.24) is 0 Å². The lowest BCUT2D eigenvalue weighted by Gasteiger charge is -2.59. The fourth-order valence-electron chi connectivity index (χ4n) is 7.63. The number of carbonyl (C=O) groups is 2. The monoisotopic (exact) mass is 230 g/mol. The molecule has 90 valence electrons. The molecule has 5 fully saturated rings. The lowest BCUT2D eigenvalue weighted by Crippen LogP contribution is -2.64. The van der Waals surface area contributed by atoms with Crippen molar-refractivity contribution < 1.29 is 9.59 Å². The van der Waals surface area contributed by atoms with Gasteiger partial charge in [0.05, 0.1) is 0 Å². The van der Waals surface area contributed by atoms with Gasteiger partial charge in [0.25, 0.3) is 0 Å². The second kappa shape index (κ2) is 1.85. The summed E-state index contributed by atoms with van der Waals surface area (Å²) < 4.78 is 0. The van der Waals surface area contributed by atoms with E-state index in [1.165, 1.54) is 0 Å². The standard InChI is InChI=1S/C15H18O2/c1-13(2)7-5-6-8(13)10-9(7)14(3,11(5)16)15(10,4)12(6)17/h5-10H,1-4H3. The molecule has 0 aromatic carbocycles. The van der Waals surface area contributed by atoms with Gasteiger partial charge >= 0.3 is 0 Å². The van der Waals surface area contributed by atoms with E-state index in [1.807, 2.05) is 0 Å². The highest BCUT2D eigenvalue weighted by Crippen LogP contribution is 2.92. The predicted octanol–water partition coefficient (Wildman–Crippen LogP) is 1.93. The van der Waals surface area contributed by atoms with Crippen LogP contribution in [0.15, 0.2) is 0 Å². The van der Waals surface area contributed by atoms with Crippen LogP contribution in [0.2, 0.25) is 0 Å². The molecule has 0 radical (unpaired) electrons. The molecule has 8 unspecified atom stereocenters. The first kappa shape index (κ1) is 9.29. The van der Waals surface area contributed by atoms with Gasteiger partial charge in [-0.15, -0.1) is 0 Å². The average molecular weight is 230 g/mol. The molecule has 0 spiro atoms. The minimum absolute atomic E-state index is 0.101. The first-order valence-corrected chi connectivity index (χ1v) is 6.89. The zero-order chi connectivity index (χ0) is 12.1. The smallest absolute Gasteiger partial charge is 0.144 e. The molecule has 0 amide bonds. The van der Waals surface area contributed by atoms with Gasteiger partial charge in [-0.25, -0.2) is 0 Å². The van der Waals surface area contributed by atoms with Crippen molar-refractivity contribution in [2.24, 2.45) is 51.8 Å². The van der Waals surface area contributed by atoms with Gasteiger partial charge in [0, 0.05) is 22.7 Å². The third kappa shape index (κ3) is 0.468. The normalized spacial score (nSPS) is 71.5. The Kier molecular flexibility index (Phi) is 1.01. The lowest BCUT2D eigenvalue weighted by molar-refractivity contribution is -0.180. The van der Waals surface area contributed by atoms with Gasteiger partial charge < -0.3 is 0 Å². The number of Topliss-reactive ketones (excluding diaryl/α,β-unsaturated/α-hetero) is 2. The highest BCUT2D eigenvalue weighted by atomic mass is 16.2. The molecular weight excluding hydrogens is 212 g/mol. The van der Waals surface area contributed by atoms with Crippen LogP contribution in [0.3, 0.4) is 0 Å². The minimum Gasteiger partial charge on any atom is -0.299 e. The molecule has 2 heteroatoms. The van der Waals surface area contributed by atoms with E-state index < -0.39 is 0 Å². The van der Waals surface area contributed by atoms with Gasteiger partial charge in [-0.2, -0.15) is 0 Å². The molecule has 0 heterocycles. The van der Waals surface area contributed by atoms with Crippen molar-refractivity contribution in [2.75, 3.05) is 0 Å². The molecule has 0 aromatic rings. The molecular formula is C15H18O2. The summed E-state index contributed by atoms with van der Waals surface area (Å²) in [5.74, 6) is 3.20. The Morgan fingerprint density at radius 1 is 0.706 bits per heavy atom. The van der Waals surface area contributed by atoms with E-state index in [9.17, 15) is 9.59 Å². The number of hydrogen-bond donors (Lipinski definition) is 0. The van der Waals surface area contributed by atoms with Crippen LogP contribution < -0.4 is 0 Å². The lowest BCUT2D eigenvalue weighted by atomic mass is 9.41. The summed E-state index contributed by atoms with van der Waals surface area (Å²) >= 11 is 0. The predicted molar refractivity (Wildman–Crippen MR) is 60.9 cm³/mol. The van der Waals surface area contributed by atoms with E-state index in [0.717, 1.165) is 0 Å². The van der Waals surface area contributed by atoms with Gasteiger partial charge in [0.2, 0.25) is 0 Å². The Hall–Kier alpha value is -0.660. The first-order valence-electron chi connectivity index (χ1n) is 6.89. The molecule has 0 saturated heterocycles. The zero-order valence-electron chi connectivity index (χ0n) is 10.8. The first-order chi connectivity index (χ1) is 7.80. The summed E-state index contributed by atoms with van der Waals surface area (Å²) in [6.45, 7) is 8.82. The van der Waals surface area contributed by atoms with Crippen LogP contribution in [0, 0.1) is 51.8 Å². The van der Waals surface area contributed by atoms with E-state index in [4.69, 9.17) is 0 Å². The van der Waals surface area contributed by atoms with E-state index in [2.05, 4.69) is 27.7 Å². The molecule has 2 bridgehead atoms. The topological polar surface area (TPSA) is 34.1 Å². The van der Waals surface area contributed by atoms with Crippen molar-refractivity contribution in [3.05, 3.63) is 0 Å². The fraction of sp³-hybridized carbons (Fsp3) is 0.867. The third-order valence-electron chi connectivity index (χ3n) is 8.08. The molecule has 5 saturated carbocycles. The number of hydrogen-bond acceptors (Lipinski definition) is 2. The summed E-state index contributed by atoms with van der Waals surface area (Å²) in [6.07, 6.45) is 0. The number of fused-ring (bicyclic) bond motifs is 2. The summed E-state index contributed by atoms with van der Waals surface area (Å²) in [7, 11) is 0. The molecule has 5 aliphatic rings. The Labute approximate surface area is 101 Å². The van der Waals surface area contributed by atoms with Crippen molar-refractivity contribution in [3.63, 3.8) is 0 Å². The summed E-state index contributed by atoms with van der Waals surface area (Å²) in [6, 6.07) is 0. The second-order valence-electron chi connectivity index (χ2n) is 8.11. The van der Waals surface area contributed by atoms with Crippen LogP contribution in [0.4, 0.5) is 0 Å². The van der Waals surface area contributed by atoms with Crippen LogP contribution in [0.25, 0.3) is 0 Å². The van der Waals surface area contributed by atoms with E-state index in [-0.39, 0.29) is 28.1 Å². The van der Waals surface area contributed by atoms with Gasteiger partial charge in [-0.3, -0.25) is 9.59 Å². The van der Waals surface area contributed by atoms with Gasteiger partial charge in [-0.1, -0.05) is 27.7 Å². The molecule has 0 N–H and O–H groups in total. The van der Waals surface area contributed by atoms with Crippen LogP contribution in [-0.2, 0) is 9.59 Å². The molecule has 17 heavy (non-hydrogen) atoms. The Morgan fingerprint density at radius 2 is 1.06 bits per heavy atom. The zero-order valence-corrected chi connectivity index (χ0v) is 10.8. The van der Waals surface area contributed by atoms with E-state index in [0.29, 0.717) is 35.2 Å². The number of ketones is 2. The van der Waals surface area contributed by atoms with Crippen molar-refractivity contribution in [3.8, 4) is 0 Å². The van der Waals surface area contributed by atoms with Crippen LogP contribution in [0.1, 0.15) is 27.7 Å². The van der Waals surface area contributed by atoms with Crippen molar-refractivity contribution in [1.29, 1.82) is 0 Å².